The summed E-state index contributed by atoms with van der Waals surface area (Å²) in [5.74, 6) is -0.444. The number of fused-ring (bicyclic) bond motifs is 1. The zero-order valence-electron chi connectivity index (χ0n) is 19.8. The molecule has 1 aliphatic heterocycles. The molecular weight excluding hydrogens is 416 g/mol. The Hall–Kier alpha value is -3.22. The number of aryl methyl sites for hydroxylation is 1. The number of hydrogen-bond donors (Lipinski definition) is 2. The molecule has 2 heterocycles. The summed E-state index contributed by atoms with van der Waals surface area (Å²) < 4.78 is 5.23. The SMILES string of the molecule is CC(C)(C)C1CN(c2ccc3[nH]c(=O)oc3c2)CCN1C(=O)NCCCCc1ccccc1. The molecule has 7 nitrogen and oxygen atoms in total. The Morgan fingerprint density at radius 1 is 1.12 bits per heavy atom. The van der Waals surface area contributed by atoms with Crippen LogP contribution in [0.4, 0.5) is 10.5 Å². The number of carbonyl (C=O) groups excluding carboxylic acids is 1. The van der Waals surface area contributed by atoms with Crippen LogP contribution >= 0.6 is 0 Å². The number of piperazine rings is 1. The number of amides is 2. The highest BCUT2D eigenvalue weighted by atomic mass is 16.4. The van der Waals surface area contributed by atoms with Crippen molar-refractivity contribution in [3.8, 4) is 0 Å². The molecule has 1 atom stereocenters. The third-order valence-corrected chi connectivity index (χ3v) is 6.42. The van der Waals surface area contributed by atoms with Crippen LogP contribution in [-0.4, -0.2) is 48.1 Å². The molecule has 1 aromatic heterocycles. The van der Waals surface area contributed by atoms with Gasteiger partial charge in [-0.05, 0) is 42.4 Å². The predicted octanol–water partition coefficient (Wildman–Crippen LogP) is 4.39. The van der Waals surface area contributed by atoms with Crippen molar-refractivity contribution in [2.24, 2.45) is 5.41 Å². The zero-order valence-corrected chi connectivity index (χ0v) is 19.8. The molecule has 0 spiro atoms. The van der Waals surface area contributed by atoms with Crippen molar-refractivity contribution in [3.05, 3.63) is 64.6 Å². The average Bonchev–Trinajstić information content (AvgIpc) is 3.17. The van der Waals surface area contributed by atoms with E-state index in [1.807, 2.05) is 29.2 Å². The highest BCUT2D eigenvalue weighted by Gasteiger charge is 2.38. The van der Waals surface area contributed by atoms with Gasteiger partial charge in [-0.25, -0.2) is 9.59 Å². The molecule has 1 aliphatic rings. The van der Waals surface area contributed by atoms with Crippen LogP contribution in [0.5, 0.6) is 0 Å². The van der Waals surface area contributed by atoms with E-state index in [0.717, 1.165) is 38.0 Å². The van der Waals surface area contributed by atoms with E-state index in [2.05, 4.69) is 60.2 Å². The lowest BCUT2D eigenvalue weighted by Gasteiger charge is -2.47. The van der Waals surface area contributed by atoms with E-state index in [1.54, 1.807) is 0 Å². The van der Waals surface area contributed by atoms with E-state index >= 15 is 0 Å². The number of unbranched alkanes of at least 4 members (excludes halogenated alkanes) is 1. The molecular formula is C26H34N4O3. The first-order chi connectivity index (χ1) is 15.8. The van der Waals surface area contributed by atoms with E-state index < -0.39 is 5.76 Å². The van der Waals surface area contributed by atoms with Crippen LogP contribution in [0.15, 0.2) is 57.7 Å². The van der Waals surface area contributed by atoms with Gasteiger partial charge in [-0.1, -0.05) is 51.1 Å². The molecule has 1 unspecified atom stereocenters. The Bertz CT molecular complexity index is 1130. The molecule has 2 aromatic carbocycles. The number of oxazole rings is 1. The Morgan fingerprint density at radius 2 is 1.91 bits per heavy atom. The standard InChI is InChI=1S/C26H34N4O3/c1-26(2,3)23-18-29(20-12-13-21-22(17-20)33-25(32)28-21)15-16-30(23)24(31)27-14-8-7-11-19-9-5-4-6-10-19/h4-6,9-10,12-13,17,23H,7-8,11,14-16,18H2,1-3H3,(H,27,31)(H,28,32). The fourth-order valence-electron chi connectivity index (χ4n) is 4.53. The molecule has 4 rings (SSSR count). The Kier molecular flexibility index (Phi) is 6.77. The summed E-state index contributed by atoms with van der Waals surface area (Å²) in [6.07, 6.45) is 3.05. The van der Waals surface area contributed by atoms with Crippen LogP contribution in [0.25, 0.3) is 11.1 Å². The zero-order chi connectivity index (χ0) is 23.4. The topological polar surface area (TPSA) is 81.6 Å². The van der Waals surface area contributed by atoms with Gasteiger partial charge in [0, 0.05) is 37.9 Å². The van der Waals surface area contributed by atoms with Crippen LogP contribution in [0, 0.1) is 5.41 Å². The fraction of sp³-hybridized carbons (Fsp3) is 0.462. The molecule has 3 aromatic rings. The summed E-state index contributed by atoms with van der Waals surface area (Å²) in [4.78, 5) is 31.5. The number of urea groups is 1. The first kappa shape index (κ1) is 23.0. The lowest BCUT2D eigenvalue weighted by Crippen LogP contribution is -2.61. The second-order valence-corrected chi connectivity index (χ2v) is 9.89. The maximum Gasteiger partial charge on any atom is 0.417 e. The van der Waals surface area contributed by atoms with E-state index in [9.17, 15) is 9.59 Å². The highest BCUT2D eigenvalue weighted by Crippen LogP contribution is 2.31. The molecule has 0 radical (unpaired) electrons. The number of carbonyl (C=O) groups is 1. The number of anilines is 1. The first-order valence-corrected chi connectivity index (χ1v) is 11.8. The van der Waals surface area contributed by atoms with Crippen LogP contribution in [-0.2, 0) is 6.42 Å². The number of nitrogens with one attached hydrogen (secondary N) is 2. The summed E-state index contributed by atoms with van der Waals surface area (Å²) in [5, 5.41) is 3.14. The number of aromatic amines is 1. The molecule has 33 heavy (non-hydrogen) atoms. The van der Waals surface area contributed by atoms with Crippen LogP contribution in [0.3, 0.4) is 0 Å². The van der Waals surface area contributed by atoms with Gasteiger partial charge in [-0.2, -0.15) is 0 Å². The number of rotatable bonds is 6. The van der Waals surface area contributed by atoms with E-state index in [-0.39, 0.29) is 17.5 Å². The maximum absolute atomic E-state index is 13.1. The molecule has 1 fully saturated rings. The average molecular weight is 451 g/mol. The first-order valence-electron chi connectivity index (χ1n) is 11.8. The summed E-state index contributed by atoms with van der Waals surface area (Å²) in [7, 11) is 0. The van der Waals surface area contributed by atoms with Gasteiger partial charge in [0.05, 0.1) is 11.6 Å². The number of aromatic nitrogens is 1. The molecule has 0 aliphatic carbocycles. The van der Waals surface area contributed by atoms with Crippen LogP contribution in [0.2, 0.25) is 0 Å². The minimum atomic E-state index is -0.444. The quantitative estimate of drug-likeness (QED) is 0.546. The summed E-state index contributed by atoms with van der Waals surface area (Å²) in [5.41, 5.74) is 3.51. The molecule has 0 saturated carbocycles. The Balaban J connectivity index is 1.35. The van der Waals surface area contributed by atoms with Crippen molar-refractivity contribution in [2.45, 2.75) is 46.1 Å². The van der Waals surface area contributed by atoms with Gasteiger partial charge in [0.25, 0.3) is 0 Å². The molecule has 0 bridgehead atoms. The highest BCUT2D eigenvalue weighted by molar-refractivity contribution is 5.78. The van der Waals surface area contributed by atoms with Gasteiger partial charge < -0.3 is 19.5 Å². The number of nitrogens with zero attached hydrogens (tertiary/aromatic N) is 2. The lowest BCUT2D eigenvalue weighted by atomic mass is 9.84. The monoisotopic (exact) mass is 450 g/mol. The Morgan fingerprint density at radius 3 is 2.67 bits per heavy atom. The summed E-state index contributed by atoms with van der Waals surface area (Å²) in [6, 6.07) is 16.3. The normalized spacial score (nSPS) is 16.9. The molecule has 176 valence electrons. The third kappa shape index (κ3) is 5.59. The smallest absolute Gasteiger partial charge is 0.408 e. The lowest BCUT2D eigenvalue weighted by molar-refractivity contribution is 0.107. The summed E-state index contributed by atoms with van der Waals surface area (Å²) >= 11 is 0. The van der Waals surface area contributed by atoms with E-state index in [1.165, 1.54) is 5.56 Å². The van der Waals surface area contributed by atoms with Crippen LogP contribution < -0.4 is 16.0 Å². The van der Waals surface area contributed by atoms with Gasteiger partial charge in [0.2, 0.25) is 0 Å². The van der Waals surface area contributed by atoms with Crippen molar-refractivity contribution in [2.75, 3.05) is 31.1 Å². The van der Waals surface area contributed by atoms with Gasteiger partial charge in [-0.15, -0.1) is 0 Å². The van der Waals surface area contributed by atoms with Gasteiger partial charge >= 0.3 is 11.8 Å². The van der Waals surface area contributed by atoms with Crippen molar-refractivity contribution in [3.63, 3.8) is 0 Å². The second kappa shape index (κ2) is 9.73. The Labute approximate surface area is 194 Å². The van der Waals surface area contributed by atoms with Gasteiger partial charge in [0.1, 0.15) is 0 Å². The third-order valence-electron chi connectivity index (χ3n) is 6.42. The van der Waals surface area contributed by atoms with Crippen LogP contribution in [0.1, 0.15) is 39.2 Å². The number of benzene rings is 2. The molecule has 2 amide bonds. The summed E-state index contributed by atoms with van der Waals surface area (Å²) in [6.45, 7) is 9.32. The van der Waals surface area contributed by atoms with Gasteiger partial charge in [0.15, 0.2) is 5.58 Å². The second-order valence-electron chi connectivity index (χ2n) is 9.89. The number of hydrogen-bond acceptors (Lipinski definition) is 4. The fourth-order valence-corrected chi connectivity index (χ4v) is 4.53. The van der Waals surface area contributed by atoms with E-state index in [4.69, 9.17) is 4.42 Å². The predicted molar refractivity (Wildman–Crippen MR) is 132 cm³/mol. The van der Waals surface area contributed by atoms with Crippen molar-refractivity contribution < 1.29 is 9.21 Å². The van der Waals surface area contributed by atoms with E-state index in [0.29, 0.717) is 24.2 Å². The largest absolute Gasteiger partial charge is 0.417 e. The molecule has 2 N–H and O–H groups in total. The maximum atomic E-state index is 13.1. The van der Waals surface area contributed by atoms with Crippen molar-refractivity contribution >= 4 is 22.8 Å². The number of H-pyrrole nitrogens is 1. The molecule has 7 heteroatoms. The van der Waals surface area contributed by atoms with Gasteiger partial charge in [-0.3, -0.25) is 4.98 Å². The van der Waals surface area contributed by atoms with Crippen molar-refractivity contribution in [1.29, 1.82) is 0 Å². The minimum Gasteiger partial charge on any atom is -0.408 e. The van der Waals surface area contributed by atoms with Crippen molar-refractivity contribution in [1.82, 2.24) is 15.2 Å². The minimum absolute atomic E-state index is 0.0152. The molecule has 1 saturated heterocycles.